The lowest BCUT2D eigenvalue weighted by atomic mass is 10.3. The predicted molar refractivity (Wildman–Crippen MR) is 94.3 cm³/mol. The maximum absolute atomic E-state index is 11.9. The van der Waals surface area contributed by atoms with Gasteiger partial charge in [-0.3, -0.25) is 9.69 Å². The Hall–Kier alpha value is -1.81. The largest absolute Gasteiger partial charge is 0.375 e. The lowest BCUT2D eigenvalue weighted by Crippen LogP contribution is -2.38. The number of likely N-dealkylation sites (N-methyl/N-ethyl adjacent to an activating group) is 1. The van der Waals surface area contributed by atoms with Gasteiger partial charge in [0.15, 0.2) is 0 Å². The molecule has 0 bridgehead atoms. The second kappa shape index (κ2) is 10.0. The summed E-state index contributed by atoms with van der Waals surface area (Å²) >= 11 is 0. The van der Waals surface area contributed by atoms with Crippen LogP contribution in [0.15, 0.2) is 42.5 Å². The van der Waals surface area contributed by atoms with Crippen molar-refractivity contribution in [2.75, 3.05) is 44.7 Å². The molecule has 1 rings (SSSR count). The van der Waals surface area contributed by atoms with Crippen molar-refractivity contribution in [2.45, 2.75) is 20.3 Å². The molecule has 0 aromatic heterocycles. The van der Waals surface area contributed by atoms with E-state index in [0.717, 1.165) is 31.6 Å². The topological polar surface area (TPSA) is 35.6 Å². The summed E-state index contributed by atoms with van der Waals surface area (Å²) in [5, 5.41) is 2.99. The quantitative estimate of drug-likeness (QED) is 0.533. The molecule has 0 fully saturated rings. The maximum Gasteiger partial charge on any atom is 0.234 e. The minimum Gasteiger partial charge on any atom is -0.375 e. The van der Waals surface area contributed by atoms with Gasteiger partial charge in [-0.2, -0.15) is 0 Å². The highest BCUT2D eigenvalue weighted by molar-refractivity contribution is 5.78. The third-order valence-electron chi connectivity index (χ3n) is 3.50. The van der Waals surface area contributed by atoms with Crippen molar-refractivity contribution in [1.82, 2.24) is 10.2 Å². The average molecular weight is 303 g/mol. The summed E-state index contributed by atoms with van der Waals surface area (Å²) in [4.78, 5) is 16.2. The summed E-state index contributed by atoms with van der Waals surface area (Å²) in [5.41, 5.74) is 2.28. The molecule has 0 unspecified atom stereocenters. The number of carbonyl (C=O) groups excluding carboxylic acids is 1. The number of para-hydroxylation sites is 1. The Morgan fingerprint density at radius 3 is 2.50 bits per heavy atom. The minimum absolute atomic E-state index is 0.0884. The molecule has 1 aromatic carbocycles. The zero-order chi connectivity index (χ0) is 16.4. The van der Waals surface area contributed by atoms with E-state index in [9.17, 15) is 4.79 Å². The summed E-state index contributed by atoms with van der Waals surface area (Å²) < 4.78 is 0. The van der Waals surface area contributed by atoms with Crippen molar-refractivity contribution >= 4 is 11.6 Å². The highest BCUT2D eigenvalue weighted by atomic mass is 16.2. The van der Waals surface area contributed by atoms with Crippen molar-refractivity contribution < 1.29 is 4.79 Å². The van der Waals surface area contributed by atoms with Crippen LogP contribution in [0.3, 0.4) is 0 Å². The standard InChI is InChI=1S/C18H29N3O/c1-5-21(14-16(2)3)15-18(22)19-12-9-13-20(4)17-10-7-6-8-11-17/h6-8,10-11H,2,5,9,12-15H2,1,3-4H3,(H,19,22). The van der Waals surface area contributed by atoms with Crippen molar-refractivity contribution in [3.63, 3.8) is 0 Å². The van der Waals surface area contributed by atoms with E-state index in [1.165, 1.54) is 5.69 Å². The molecule has 22 heavy (non-hydrogen) atoms. The van der Waals surface area contributed by atoms with E-state index in [2.05, 4.69) is 47.8 Å². The number of hydrogen-bond acceptors (Lipinski definition) is 3. The van der Waals surface area contributed by atoms with Gasteiger partial charge in [-0.25, -0.2) is 0 Å². The van der Waals surface area contributed by atoms with E-state index in [0.29, 0.717) is 13.1 Å². The number of anilines is 1. The van der Waals surface area contributed by atoms with Crippen LogP contribution in [0, 0.1) is 0 Å². The van der Waals surface area contributed by atoms with Crippen molar-refractivity contribution in [3.05, 3.63) is 42.5 Å². The monoisotopic (exact) mass is 303 g/mol. The van der Waals surface area contributed by atoms with Crippen LogP contribution < -0.4 is 10.2 Å². The summed E-state index contributed by atoms with van der Waals surface area (Å²) in [7, 11) is 2.07. The Labute approximate surface area is 134 Å². The second-order valence-corrected chi connectivity index (χ2v) is 5.72. The van der Waals surface area contributed by atoms with Crippen LogP contribution in [0.2, 0.25) is 0 Å². The Morgan fingerprint density at radius 1 is 1.23 bits per heavy atom. The highest BCUT2D eigenvalue weighted by Crippen LogP contribution is 2.10. The summed E-state index contributed by atoms with van der Waals surface area (Å²) in [6.07, 6.45) is 0.934. The molecule has 0 saturated carbocycles. The molecule has 0 heterocycles. The molecule has 1 amide bonds. The lowest BCUT2D eigenvalue weighted by Gasteiger charge is -2.21. The number of nitrogens with one attached hydrogen (secondary N) is 1. The molecule has 0 radical (unpaired) electrons. The third-order valence-corrected chi connectivity index (χ3v) is 3.50. The Kier molecular flexibility index (Phi) is 8.30. The molecule has 4 heteroatoms. The van der Waals surface area contributed by atoms with E-state index in [4.69, 9.17) is 0 Å². The van der Waals surface area contributed by atoms with Crippen molar-refractivity contribution in [1.29, 1.82) is 0 Å². The molecule has 0 aliphatic heterocycles. The minimum atomic E-state index is 0.0884. The molecule has 0 spiro atoms. The Bertz CT molecular complexity index is 459. The molecule has 1 N–H and O–H groups in total. The molecule has 0 aliphatic rings. The fourth-order valence-corrected chi connectivity index (χ4v) is 2.28. The molecule has 0 saturated heterocycles. The number of rotatable bonds is 10. The van der Waals surface area contributed by atoms with E-state index >= 15 is 0 Å². The van der Waals surface area contributed by atoms with Crippen LogP contribution in [0.25, 0.3) is 0 Å². The molecule has 0 atom stereocenters. The van der Waals surface area contributed by atoms with Gasteiger partial charge in [0.05, 0.1) is 6.54 Å². The lowest BCUT2D eigenvalue weighted by molar-refractivity contribution is -0.122. The number of amides is 1. The summed E-state index contributed by atoms with van der Waals surface area (Å²) in [5.74, 6) is 0.0884. The van der Waals surface area contributed by atoms with Crippen molar-refractivity contribution in [3.8, 4) is 0 Å². The zero-order valence-electron chi connectivity index (χ0n) is 14.1. The molecule has 4 nitrogen and oxygen atoms in total. The highest BCUT2D eigenvalue weighted by Gasteiger charge is 2.08. The number of benzene rings is 1. The number of nitrogens with zero attached hydrogens (tertiary/aromatic N) is 2. The van der Waals surface area contributed by atoms with Crippen LogP contribution in [-0.4, -0.2) is 50.6 Å². The van der Waals surface area contributed by atoms with Gasteiger partial charge in [0.25, 0.3) is 0 Å². The average Bonchev–Trinajstić information content (AvgIpc) is 2.51. The fraction of sp³-hybridized carbons (Fsp3) is 0.500. The summed E-state index contributed by atoms with van der Waals surface area (Å²) in [6.45, 7) is 11.7. The first kappa shape index (κ1) is 18.2. The van der Waals surface area contributed by atoms with Crippen LogP contribution >= 0.6 is 0 Å². The van der Waals surface area contributed by atoms with Gasteiger partial charge in [0.2, 0.25) is 5.91 Å². The molecular weight excluding hydrogens is 274 g/mol. The summed E-state index contributed by atoms with van der Waals surface area (Å²) in [6, 6.07) is 10.3. The first-order valence-corrected chi connectivity index (χ1v) is 7.92. The Balaban J connectivity index is 2.21. The van der Waals surface area contributed by atoms with E-state index in [1.807, 2.05) is 25.1 Å². The maximum atomic E-state index is 11.9. The van der Waals surface area contributed by atoms with E-state index < -0.39 is 0 Å². The van der Waals surface area contributed by atoms with Gasteiger partial charge in [0, 0.05) is 32.4 Å². The first-order chi connectivity index (χ1) is 10.5. The molecule has 0 aliphatic carbocycles. The first-order valence-electron chi connectivity index (χ1n) is 7.92. The van der Waals surface area contributed by atoms with Gasteiger partial charge in [-0.15, -0.1) is 0 Å². The molecule has 122 valence electrons. The van der Waals surface area contributed by atoms with Gasteiger partial charge in [0.1, 0.15) is 0 Å². The fourth-order valence-electron chi connectivity index (χ4n) is 2.28. The predicted octanol–water partition coefficient (Wildman–Crippen LogP) is 2.53. The van der Waals surface area contributed by atoms with Crippen LogP contribution in [-0.2, 0) is 4.79 Å². The smallest absolute Gasteiger partial charge is 0.234 e. The van der Waals surface area contributed by atoms with Crippen LogP contribution in [0.5, 0.6) is 0 Å². The zero-order valence-corrected chi connectivity index (χ0v) is 14.1. The molecular formula is C18H29N3O. The van der Waals surface area contributed by atoms with E-state index in [1.54, 1.807) is 0 Å². The van der Waals surface area contributed by atoms with Crippen molar-refractivity contribution in [2.24, 2.45) is 0 Å². The van der Waals surface area contributed by atoms with Crippen LogP contribution in [0.4, 0.5) is 5.69 Å². The number of hydrogen-bond donors (Lipinski definition) is 1. The SMILES string of the molecule is C=C(C)CN(CC)CC(=O)NCCCN(C)c1ccccc1. The van der Waals surface area contributed by atoms with Gasteiger partial charge >= 0.3 is 0 Å². The van der Waals surface area contributed by atoms with Gasteiger partial charge in [-0.05, 0) is 32.0 Å². The second-order valence-electron chi connectivity index (χ2n) is 5.72. The molecule has 1 aromatic rings. The Morgan fingerprint density at radius 2 is 1.91 bits per heavy atom. The third kappa shape index (κ3) is 7.27. The van der Waals surface area contributed by atoms with Crippen LogP contribution in [0.1, 0.15) is 20.3 Å². The normalized spacial score (nSPS) is 10.5. The van der Waals surface area contributed by atoms with E-state index in [-0.39, 0.29) is 5.91 Å². The number of carbonyl (C=O) groups is 1. The van der Waals surface area contributed by atoms with Gasteiger partial charge < -0.3 is 10.2 Å². The van der Waals surface area contributed by atoms with Gasteiger partial charge in [-0.1, -0.05) is 37.3 Å².